The van der Waals surface area contributed by atoms with Gasteiger partial charge in [-0.3, -0.25) is 9.11 Å². The van der Waals surface area contributed by atoms with Crippen LogP contribution in [0.25, 0.3) is 21.5 Å². The molecule has 0 saturated heterocycles. The number of anilines is 1. The maximum absolute atomic E-state index is 12.5. The van der Waals surface area contributed by atoms with Crippen LogP contribution in [0.5, 0.6) is 0 Å². The SMILES string of the molecule is CC1(C)C(/C=C/C=C2\N(CCCCCCCCCCBr)c3ccc4c(S(=O)(=O)O)cccc4c3C2(C)C)=[N+](CCCCCCCCCCBr)c2ccc3c(S(=O)(=O)O)cccc3c21.[Br-]. The fourth-order valence-corrected chi connectivity index (χ4v) is 12.4. The second-order valence-electron chi connectivity index (χ2n) is 18.5. The number of benzene rings is 4. The Hall–Kier alpha value is -2.39. The van der Waals surface area contributed by atoms with E-state index < -0.39 is 31.1 Å². The highest BCUT2D eigenvalue weighted by atomic mass is 79.9. The molecule has 6 rings (SSSR count). The van der Waals surface area contributed by atoms with E-state index in [4.69, 9.17) is 0 Å². The molecular weight excluding hydrogens is 1040 g/mol. The standard InChI is InChI=1S/C51H66Br2N2O6S2.BrH/c1-50(2)46(54(36-19-15-11-7-5-9-13-17-34-52)42-32-30-38-40(48(42)50)24-21-26-44(38)62(56,57)58)28-23-29-47-51(3,4)49-41-25-22-27-45(63(59,60)61)39(41)31-33-43(49)55(47)37-20-16-12-8-6-10-14-18-35-53;/h21-33H,5-20,34-37H2,1-4H3,(H-,56,57,58,59,60,61);1H. The van der Waals surface area contributed by atoms with Gasteiger partial charge in [-0.25, -0.2) is 0 Å². The Morgan fingerprint density at radius 3 is 1.56 bits per heavy atom. The topological polar surface area (TPSA) is 115 Å². The monoisotopic (exact) mass is 1100 g/mol. The van der Waals surface area contributed by atoms with Crippen molar-refractivity contribution in [1.29, 1.82) is 0 Å². The van der Waals surface area contributed by atoms with Crippen LogP contribution in [0.3, 0.4) is 0 Å². The molecule has 350 valence electrons. The predicted molar refractivity (Wildman–Crippen MR) is 269 cm³/mol. The molecule has 0 bridgehead atoms. The van der Waals surface area contributed by atoms with E-state index in [1.54, 1.807) is 12.1 Å². The summed E-state index contributed by atoms with van der Waals surface area (Å²) in [5, 5.41) is 4.79. The average molecular weight is 1110 g/mol. The van der Waals surface area contributed by atoms with Gasteiger partial charge in [0, 0.05) is 68.9 Å². The Labute approximate surface area is 410 Å². The quantitative estimate of drug-likeness (QED) is 0.0311. The molecular formula is C51H67Br3N2O6S2. The van der Waals surface area contributed by atoms with E-state index in [2.05, 4.69) is 87.3 Å². The fraction of sp³-hybridized carbons (Fsp3) is 0.510. The number of allylic oxidation sites excluding steroid dienone is 4. The third-order valence-corrected chi connectivity index (χ3v) is 16.2. The molecule has 0 atom stereocenters. The van der Waals surface area contributed by atoms with Crippen molar-refractivity contribution in [2.45, 2.75) is 151 Å². The van der Waals surface area contributed by atoms with E-state index >= 15 is 0 Å². The Balaban J connectivity index is 0.00000771. The minimum absolute atomic E-state index is 0. The largest absolute Gasteiger partial charge is 1.00 e. The van der Waals surface area contributed by atoms with Crippen LogP contribution in [0.1, 0.15) is 142 Å². The molecule has 4 aromatic rings. The summed E-state index contributed by atoms with van der Waals surface area (Å²) in [4.78, 5) is 2.25. The summed E-state index contributed by atoms with van der Waals surface area (Å²) in [6.45, 7) is 10.4. The van der Waals surface area contributed by atoms with Crippen LogP contribution in [-0.2, 0) is 31.1 Å². The highest BCUT2D eigenvalue weighted by Crippen LogP contribution is 2.52. The first-order valence-corrected chi connectivity index (χ1v) is 28.2. The molecule has 0 fully saturated rings. The molecule has 0 radical (unpaired) electrons. The Kier molecular flexibility index (Phi) is 19.0. The summed E-state index contributed by atoms with van der Waals surface area (Å²) in [5.74, 6) is 0. The lowest BCUT2D eigenvalue weighted by Gasteiger charge is -2.27. The van der Waals surface area contributed by atoms with Gasteiger partial charge in [-0.05, 0) is 86.2 Å². The van der Waals surface area contributed by atoms with Gasteiger partial charge in [-0.2, -0.15) is 21.4 Å². The van der Waals surface area contributed by atoms with Gasteiger partial charge in [-0.15, -0.1) is 0 Å². The zero-order valence-corrected chi connectivity index (χ0v) is 44.4. The Morgan fingerprint density at radius 1 is 0.578 bits per heavy atom. The number of rotatable bonds is 24. The van der Waals surface area contributed by atoms with E-state index in [-0.39, 0.29) is 26.8 Å². The molecule has 0 aromatic heterocycles. The Morgan fingerprint density at radius 2 is 1.05 bits per heavy atom. The third kappa shape index (κ3) is 11.8. The number of nitrogens with zero attached hydrogens (tertiary/aromatic N) is 2. The van der Waals surface area contributed by atoms with E-state index in [1.807, 2.05) is 36.4 Å². The van der Waals surface area contributed by atoms with Crippen LogP contribution in [0, 0.1) is 0 Å². The minimum atomic E-state index is -4.44. The van der Waals surface area contributed by atoms with Crippen molar-refractivity contribution in [2.75, 3.05) is 28.6 Å². The molecule has 0 aliphatic carbocycles. The van der Waals surface area contributed by atoms with Gasteiger partial charge in [0.15, 0.2) is 5.71 Å². The molecule has 2 N–H and O–H groups in total. The molecule has 0 saturated carbocycles. The maximum atomic E-state index is 12.5. The highest BCUT2D eigenvalue weighted by Gasteiger charge is 2.46. The first-order chi connectivity index (χ1) is 30.0. The van der Waals surface area contributed by atoms with Crippen molar-refractivity contribution in [3.8, 4) is 0 Å². The summed E-state index contributed by atoms with van der Waals surface area (Å²) in [5.41, 5.74) is 5.45. The van der Waals surface area contributed by atoms with Gasteiger partial charge in [0.2, 0.25) is 5.69 Å². The molecule has 2 aliphatic rings. The first-order valence-electron chi connectivity index (χ1n) is 23.1. The van der Waals surface area contributed by atoms with Crippen molar-refractivity contribution in [2.24, 2.45) is 0 Å². The molecule has 0 unspecified atom stereocenters. The highest BCUT2D eigenvalue weighted by molar-refractivity contribution is 9.09. The van der Waals surface area contributed by atoms with E-state index in [0.29, 0.717) is 10.8 Å². The van der Waals surface area contributed by atoms with Gasteiger partial charge >= 0.3 is 0 Å². The van der Waals surface area contributed by atoms with Gasteiger partial charge < -0.3 is 21.9 Å². The third-order valence-electron chi connectivity index (χ3n) is 13.3. The van der Waals surface area contributed by atoms with Crippen LogP contribution >= 0.6 is 31.9 Å². The van der Waals surface area contributed by atoms with Crippen LogP contribution in [0.2, 0.25) is 0 Å². The lowest BCUT2D eigenvalue weighted by molar-refractivity contribution is -0.438. The number of hydrogen-bond acceptors (Lipinski definition) is 5. The molecule has 8 nitrogen and oxygen atoms in total. The van der Waals surface area contributed by atoms with Gasteiger partial charge in [0.05, 0.1) is 5.41 Å². The van der Waals surface area contributed by atoms with Crippen LogP contribution in [-0.4, -0.2) is 60.0 Å². The molecule has 2 heterocycles. The summed E-state index contributed by atoms with van der Waals surface area (Å²) < 4.78 is 72.9. The van der Waals surface area contributed by atoms with Crippen molar-refractivity contribution >= 4 is 90.7 Å². The van der Waals surface area contributed by atoms with Gasteiger partial charge in [0.25, 0.3) is 20.2 Å². The number of hydrogen-bond donors (Lipinski definition) is 2. The molecule has 0 spiro atoms. The molecule has 4 aromatic carbocycles. The van der Waals surface area contributed by atoms with Gasteiger partial charge in [-0.1, -0.05) is 153 Å². The lowest BCUT2D eigenvalue weighted by Crippen LogP contribution is -3.00. The van der Waals surface area contributed by atoms with Gasteiger partial charge in [0.1, 0.15) is 16.3 Å². The van der Waals surface area contributed by atoms with Crippen molar-refractivity contribution in [3.05, 3.63) is 95.7 Å². The molecule has 13 heteroatoms. The fourth-order valence-electron chi connectivity index (χ4n) is 10.2. The van der Waals surface area contributed by atoms with Crippen LogP contribution < -0.4 is 21.9 Å². The van der Waals surface area contributed by atoms with E-state index in [9.17, 15) is 25.9 Å². The number of unbranched alkanes of at least 4 members (excludes halogenated alkanes) is 14. The maximum Gasteiger partial charge on any atom is 0.295 e. The molecule has 2 aliphatic heterocycles. The smallest absolute Gasteiger partial charge is 0.295 e. The zero-order valence-electron chi connectivity index (χ0n) is 38.0. The summed E-state index contributed by atoms with van der Waals surface area (Å²) in [7, 11) is -8.87. The van der Waals surface area contributed by atoms with Crippen LogP contribution in [0.15, 0.2) is 94.4 Å². The normalized spacial score (nSPS) is 16.4. The van der Waals surface area contributed by atoms with Crippen molar-refractivity contribution in [1.82, 2.24) is 0 Å². The Bertz CT molecular complexity index is 2590. The summed E-state index contributed by atoms with van der Waals surface area (Å²) >= 11 is 7.08. The average Bonchev–Trinajstić information content (AvgIpc) is 3.59. The predicted octanol–water partition coefficient (Wildman–Crippen LogP) is 11.1. The van der Waals surface area contributed by atoms with E-state index in [0.717, 1.165) is 94.1 Å². The first kappa shape index (κ1) is 52.6. The zero-order chi connectivity index (χ0) is 45.4. The minimum Gasteiger partial charge on any atom is -1.00 e. The summed E-state index contributed by atoms with van der Waals surface area (Å²) in [6, 6.07) is 18.0. The van der Waals surface area contributed by atoms with Crippen molar-refractivity contribution < 1.29 is 47.5 Å². The molecule has 64 heavy (non-hydrogen) atoms. The molecule has 0 amide bonds. The van der Waals surface area contributed by atoms with Crippen molar-refractivity contribution in [3.63, 3.8) is 0 Å². The summed E-state index contributed by atoms with van der Waals surface area (Å²) in [6.07, 6.45) is 25.8. The second kappa shape index (κ2) is 23.1. The number of fused-ring (bicyclic) bond motifs is 6. The van der Waals surface area contributed by atoms with Crippen LogP contribution in [0.4, 0.5) is 11.4 Å². The number of alkyl halides is 2. The second-order valence-corrected chi connectivity index (χ2v) is 22.8. The number of halogens is 3. The lowest BCUT2D eigenvalue weighted by atomic mass is 9.79. The van der Waals surface area contributed by atoms with E-state index in [1.165, 1.54) is 89.2 Å².